The lowest BCUT2D eigenvalue weighted by molar-refractivity contribution is -0.113. The minimum Gasteiger partial charge on any atom is -0.339 e. The summed E-state index contributed by atoms with van der Waals surface area (Å²) in [6, 6.07) is 12.3. The maximum absolute atomic E-state index is 12.7. The summed E-state index contributed by atoms with van der Waals surface area (Å²) in [5.74, 6) is -0.103. The van der Waals surface area contributed by atoms with Crippen molar-refractivity contribution in [3.8, 4) is 0 Å². The van der Waals surface area contributed by atoms with E-state index in [1.54, 1.807) is 29.2 Å². The molecule has 0 saturated carbocycles. The van der Waals surface area contributed by atoms with E-state index in [0.29, 0.717) is 21.3 Å². The second-order valence-corrected chi connectivity index (χ2v) is 7.82. The highest BCUT2D eigenvalue weighted by atomic mass is 35.5. The summed E-state index contributed by atoms with van der Waals surface area (Å²) in [5.41, 5.74) is 0.909. The number of benzene rings is 2. The number of nitrogens with zero attached hydrogens (tertiary/aromatic N) is 1. The van der Waals surface area contributed by atoms with E-state index in [4.69, 9.17) is 23.2 Å². The van der Waals surface area contributed by atoms with E-state index in [0.717, 1.165) is 30.8 Å². The molecule has 1 N–H and O–H groups in total. The highest BCUT2D eigenvalue weighted by molar-refractivity contribution is 8.00. The summed E-state index contributed by atoms with van der Waals surface area (Å²) < 4.78 is 0. The lowest BCUT2D eigenvalue weighted by atomic mass is 10.1. The van der Waals surface area contributed by atoms with Crippen molar-refractivity contribution in [1.82, 2.24) is 4.90 Å². The number of halogens is 2. The van der Waals surface area contributed by atoms with Gasteiger partial charge in [-0.3, -0.25) is 9.59 Å². The van der Waals surface area contributed by atoms with Crippen LogP contribution < -0.4 is 5.32 Å². The summed E-state index contributed by atoms with van der Waals surface area (Å²) in [5, 5.41) is 3.89. The van der Waals surface area contributed by atoms with E-state index in [1.165, 1.54) is 11.8 Å². The number of amides is 2. The molecule has 1 fully saturated rings. The van der Waals surface area contributed by atoms with E-state index in [9.17, 15) is 9.59 Å². The van der Waals surface area contributed by atoms with Gasteiger partial charge < -0.3 is 10.2 Å². The van der Waals surface area contributed by atoms with Crippen LogP contribution in [0.3, 0.4) is 0 Å². The molecule has 1 saturated heterocycles. The fourth-order valence-corrected chi connectivity index (χ4v) is 4.00. The Hall–Kier alpha value is -1.69. The van der Waals surface area contributed by atoms with E-state index < -0.39 is 0 Å². The largest absolute Gasteiger partial charge is 0.339 e. The van der Waals surface area contributed by atoms with Crippen molar-refractivity contribution in [3.63, 3.8) is 0 Å². The summed E-state index contributed by atoms with van der Waals surface area (Å²) in [7, 11) is 0. The monoisotopic (exact) mass is 408 g/mol. The first-order valence-electron chi connectivity index (χ1n) is 8.30. The number of thioether (sulfide) groups is 1. The molecule has 0 aliphatic carbocycles. The Morgan fingerprint density at radius 3 is 2.54 bits per heavy atom. The molecule has 0 spiro atoms. The molecule has 2 amide bonds. The number of carbonyl (C=O) groups is 2. The Kier molecular flexibility index (Phi) is 6.46. The average molecular weight is 409 g/mol. The van der Waals surface area contributed by atoms with Gasteiger partial charge in [0.2, 0.25) is 5.91 Å². The molecule has 0 atom stereocenters. The fourth-order valence-electron chi connectivity index (χ4n) is 2.79. The van der Waals surface area contributed by atoms with Gasteiger partial charge in [-0.2, -0.15) is 0 Å². The van der Waals surface area contributed by atoms with Gasteiger partial charge in [-0.1, -0.05) is 35.3 Å². The molecule has 0 unspecified atom stereocenters. The lowest BCUT2D eigenvalue weighted by Gasteiger charge is -2.18. The van der Waals surface area contributed by atoms with Crippen LogP contribution in [0.5, 0.6) is 0 Å². The number of rotatable bonds is 5. The Labute approximate surface area is 166 Å². The fraction of sp³-hybridized carbons (Fsp3) is 0.263. The molecular formula is C19H18Cl2N2O2S. The van der Waals surface area contributed by atoms with E-state index in [2.05, 4.69) is 5.32 Å². The number of hydrogen-bond acceptors (Lipinski definition) is 3. The number of hydrogen-bond donors (Lipinski definition) is 1. The molecule has 3 rings (SSSR count). The topological polar surface area (TPSA) is 49.4 Å². The summed E-state index contributed by atoms with van der Waals surface area (Å²) in [6.45, 7) is 1.49. The zero-order valence-corrected chi connectivity index (χ0v) is 16.3. The van der Waals surface area contributed by atoms with Gasteiger partial charge in [-0.25, -0.2) is 0 Å². The highest BCUT2D eigenvalue weighted by Crippen LogP contribution is 2.28. The molecule has 0 aromatic heterocycles. The van der Waals surface area contributed by atoms with Crippen LogP contribution in [0.25, 0.3) is 0 Å². The zero-order chi connectivity index (χ0) is 18.5. The van der Waals surface area contributed by atoms with Gasteiger partial charge in [0, 0.05) is 23.0 Å². The van der Waals surface area contributed by atoms with E-state index >= 15 is 0 Å². The van der Waals surface area contributed by atoms with Gasteiger partial charge in [0.15, 0.2) is 0 Å². The zero-order valence-electron chi connectivity index (χ0n) is 14.0. The van der Waals surface area contributed by atoms with E-state index in [-0.39, 0.29) is 17.6 Å². The Morgan fingerprint density at radius 1 is 1.08 bits per heavy atom. The third-order valence-electron chi connectivity index (χ3n) is 4.07. The van der Waals surface area contributed by atoms with Crippen molar-refractivity contribution in [2.75, 3.05) is 24.2 Å². The molecule has 7 heteroatoms. The van der Waals surface area contributed by atoms with Crippen LogP contribution in [-0.4, -0.2) is 35.6 Å². The standard InChI is InChI=1S/C19H18Cl2N2O2S/c20-13-7-8-14(19(25)23-9-3-4-10-23)16(11-13)22-18(24)12-26-17-6-2-1-5-15(17)21/h1-2,5-8,11H,3-4,9-10,12H2,(H,22,24). The minimum absolute atomic E-state index is 0.0757. The molecular weight excluding hydrogens is 391 g/mol. The third kappa shape index (κ3) is 4.72. The summed E-state index contributed by atoms with van der Waals surface area (Å²) in [6.07, 6.45) is 2.02. The average Bonchev–Trinajstić information content (AvgIpc) is 3.15. The maximum atomic E-state index is 12.7. The van der Waals surface area contributed by atoms with Gasteiger partial charge in [0.05, 0.1) is 22.0 Å². The first-order chi connectivity index (χ1) is 12.5. The number of carbonyl (C=O) groups excluding carboxylic acids is 2. The van der Waals surface area contributed by atoms with Crippen molar-refractivity contribution >= 4 is 52.5 Å². The van der Waals surface area contributed by atoms with Crippen LogP contribution in [0, 0.1) is 0 Å². The van der Waals surface area contributed by atoms with Crippen LogP contribution in [0.4, 0.5) is 5.69 Å². The van der Waals surface area contributed by atoms with Crippen LogP contribution in [0.15, 0.2) is 47.4 Å². The normalized spacial score (nSPS) is 13.7. The molecule has 0 radical (unpaired) electrons. The summed E-state index contributed by atoms with van der Waals surface area (Å²) >= 11 is 13.5. The predicted molar refractivity (Wildman–Crippen MR) is 107 cm³/mol. The van der Waals surface area contributed by atoms with Crippen molar-refractivity contribution in [2.24, 2.45) is 0 Å². The first-order valence-corrected chi connectivity index (χ1v) is 10.0. The predicted octanol–water partition coefficient (Wildman–Crippen LogP) is 4.96. The summed E-state index contributed by atoms with van der Waals surface area (Å²) in [4.78, 5) is 27.7. The number of nitrogens with one attached hydrogen (secondary N) is 1. The van der Waals surface area contributed by atoms with Crippen molar-refractivity contribution < 1.29 is 9.59 Å². The Bertz CT molecular complexity index is 823. The van der Waals surface area contributed by atoms with Gasteiger partial charge in [0.1, 0.15) is 0 Å². The molecule has 136 valence electrons. The number of anilines is 1. The van der Waals surface area contributed by atoms with Gasteiger partial charge >= 0.3 is 0 Å². The minimum atomic E-state index is -0.215. The van der Waals surface area contributed by atoms with Crippen molar-refractivity contribution in [1.29, 1.82) is 0 Å². The molecule has 1 aliphatic heterocycles. The van der Waals surface area contributed by atoms with Crippen molar-refractivity contribution in [2.45, 2.75) is 17.7 Å². The van der Waals surface area contributed by atoms with Crippen LogP contribution in [-0.2, 0) is 4.79 Å². The lowest BCUT2D eigenvalue weighted by Crippen LogP contribution is -2.29. The first kappa shape index (κ1) is 19.1. The van der Waals surface area contributed by atoms with Crippen LogP contribution in [0.1, 0.15) is 23.2 Å². The second kappa shape index (κ2) is 8.80. The van der Waals surface area contributed by atoms with Crippen molar-refractivity contribution in [3.05, 3.63) is 58.1 Å². The third-order valence-corrected chi connectivity index (χ3v) is 5.83. The molecule has 0 bridgehead atoms. The van der Waals surface area contributed by atoms with Gasteiger partial charge in [-0.15, -0.1) is 11.8 Å². The molecule has 26 heavy (non-hydrogen) atoms. The van der Waals surface area contributed by atoms with Crippen LogP contribution >= 0.6 is 35.0 Å². The second-order valence-electron chi connectivity index (χ2n) is 5.96. The molecule has 2 aromatic rings. The Balaban J connectivity index is 1.70. The molecule has 4 nitrogen and oxygen atoms in total. The smallest absolute Gasteiger partial charge is 0.255 e. The maximum Gasteiger partial charge on any atom is 0.255 e. The quantitative estimate of drug-likeness (QED) is 0.711. The van der Waals surface area contributed by atoms with Gasteiger partial charge in [-0.05, 0) is 43.2 Å². The Morgan fingerprint density at radius 2 is 1.81 bits per heavy atom. The molecule has 1 heterocycles. The highest BCUT2D eigenvalue weighted by Gasteiger charge is 2.22. The SMILES string of the molecule is O=C(CSc1ccccc1Cl)Nc1cc(Cl)ccc1C(=O)N1CCCC1. The number of likely N-dealkylation sites (tertiary alicyclic amines) is 1. The van der Waals surface area contributed by atoms with Gasteiger partial charge in [0.25, 0.3) is 5.91 Å². The molecule has 1 aliphatic rings. The molecule has 2 aromatic carbocycles. The van der Waals surface area contributed by atoms with E-state index in [1.807, 2.05) is 18.2 Å². The van der Waals surface area contributed by atoms with Crippen LogP contribution in [0.2, 0.25) is 10.0 Å².